The number of urea groups is 2. The number of allylic oxidation sites excluding steroid dienone is 1. The average molecular weight is 417 g/mol. The fourth-order valence-corrected chi connectivity index (χ4v) is 3.24. The number of amides is 4. The summed E-state index contributed by atoms with van der Waals surface area (Å²) >= 11 is 0. The summed E-state index contributed by atoms with van der Waals surface area (Å²) in [5.74, 6) is -0.253. The van der Waals surface area contributed by atoms with Crippen LogP contribution in [0.4, 0.5) is 15.3 Å². The highest BCUT2D eigenvalue weighted by Gasteiger charge is 2.36. The normalized spacial score (nSPS) is 16.4. The summed E-state index contributed by atoms with van der Waals surface area (Å²) in [5.41, 5.74) is 2.24. The molecule has 0 radical (unpaired) electrons. The molecule has 0 spiro atoms. The number of nitrogens with zero attached hydrogens (tertiary/aromatic N) is 1. The Kier molecular flexibility index (Phi) is 8.26. The Morgan fingerprint density at radius 3 is 2.63 bits per heavy atom. The topological polar surface area (TPSA) is 99.8 Å². The minimum Gasteiger partial charge on any atom is -0.462 e. The number of benzene rings is 1. The highest BCUT2D eigenvalue weighted by molar-refractivity contribution is 5.95. The van der Waals surface area contributed by atoms with Crippen LogP contribution in [0.15, 0.2) is 35.5 Å². The highest BCUT2D eigenvalue weighted by Crippen LogP contribution is 2.32. The maximum Gasteiger partial charge on any atom is 0.338 e. The van der Waals surface area contributed by atoms with E-state index in [2.05, 4.69) is 16.0 Å². The molecule has 1 aromatic rings. The molecular weight excluding hydrogens is 384 g/mol. The number of hydrogen-bond acceptors (Lipinski definition) is 4. The van der Waals surface area contributed by atoms with Crippen LogP contribution >= 0.6 is 0 Å². The number of hydrogen-bond donors (Lipinski definition) is 3. The molecule has 0 bridgehead atoms. The maximum atomic E-state index is 13.0. The molecule has 2 rings (SSSR count). The van der Waals surface area contributed by atoms with Crippen LogP contribution in [-0.4, -0.2) is 42.6 Å². The van der Waals surface area contributed by atoms with Gasteiger partial charge in [0.2, 0.25) is 0 Å². The van der Waals surface area contributed by atoms with Crippen molar-refractivity contribution in [3.63, 3.8) is 0 Å². The summed E-state index contributed by atoms with van der Waals surface area (Å²) in [4.78, 5) is 39.1. The number of rotatable bonds is 8. The van der Waals surface area contributed by atoms with Gasteiger partial charge < -0.3 is 20.7 Å². The number of anilines is 1. The third-order valence-electron chi connectivity index (χ3n) is 4.63. The van der Waals surface area contributed by atoms with Gasteiger partial charge in [0.25, 0.3) is 0 Å². The summed E-state index contributed by atoms with van der Waals surface area (Å²) in [7, 11) is 0. The van der Waals surface area contributed by atoms with Crippen LogP contribution < -0.4 is 16.0 Å². The van der Waals surface area contributed by atoms with Gasteiger partial charge in [0.15, 0.2) is 0 Å². The van der Waals surface area contributed by atoms with Crippen LogP contribution in [0.5, 0.6) is 0 Å². The Morgan fingerprint density at radius 1 is 1.27 bits per heavy atom. The van der Waals surface area contributed by atoms with Crippen LogP contribution in [0, 0.1) is 5.92 Å². The smallest absolute Gasteiger partial charge is 0.338 e. The summed E-state index contributed by atoms with van der Waals surface area (Å²) < 4.78 is 5.50. The monoisotopic (exact) mass is 416 g/mol. The van der Waals surface area contributed by atoms with Crippen LogP contribution in [0.3, 0.4) is 0 Å². The minimum absolute atomic E-state index is 0.197. The third-order valence-corrected chi connectivity index (χ3v) is 4.63. The molecule has 8 heteroatoms. The predicted molar refractivity (Wildman–Crippen MR) is 116 cm³/mol. The summed E-state index contributed by atoms with van der Waals surface area (Å²) in [6.07, 6.45) is 0.760. The van der Waals surface area contributed by atoms with Gasteiger partial charge in [-0.3, -0.25) is 4.90 Å². The van der Waals surface area contributed by atoms with E-state index in [1.807, 2.05) is 33.8 Å². The molecule has 1 aliphatic rings. The number of esters is 1. The van der Waals surface area contributed by atoms with E-state index in [4.69, 9.17) is 4.74 Å². The zero-order valence-corrected chi connectivity index (χ0v) is 18.4. The van der Waals surface area contributed by atoms with Gasteiger partial charge in [-0.25, -0.2) is 14.4 Å². The van der Waals surface area contributed by atoms with Gasteiger partial charge in [0.05, 0.1) is 18.2 Å². The van der Waals surface area contributed by atoms with E-state index in [1.54, 1.807) is 30.0 Å². The Bertz CT molecular complexity index is 819. The van der Waals surface area contributed by atoms with E-state index in [1.165, 1.54) is 0 Å². The molecule has 0 aromatic heterocycles. The summed E-state index contributed by atoms with van der Waals surface area (Å²) in [6, 6.07) is 5.83. The lowest BCUT2D eigenvalue weighted by Gasteiger charge is -2.35. The first-order chi connectivity index (χ1) is 14.3. The zero-order chi connectivity index (χ0) is 22.3. The van der Waals surface area contributed by atoms with Crippen molar-refractivity contribution in [1.82, 2.24) is 15.5 Å². The van der Waals surface area contributed by atoms with Crippen molar-refractivity contribution in [2.75, 3.05) is 25.0 Å². The van der Waals surface area contributed by atoms with Gasteiger partial charge in [-0.15, -0.1) is 0 Å². The first kappa shape index (κ1) is 23.3. The lowest BCUT2D eigenvalue weighted by atomic mass is 9.94. The molecule has 1 aromatic carbocycles. The van der Waals surface area contributed by atoms with Gasteiger partial charge in [0.1, 0.15) is 0 Å². The Labute approximate surface area is 178 Å². The van der Waals surface area contributed by atoms with Gasteiger partial charge in [-0.2, -0.15) is 0 Å². The third kappa shape index (κ3) is 5.75. The largest absolute Gasteiger partial charge is 0.462 e. The summed E-state index contributed by atoms with van der Waals surface area (Å²) in [6.45, 7) is 10.8. The van der Waals surface area contributed by atoms with Crippen LogP contribution in [-0.2, 0) is 9.53 Å². The first-order valence-electron chi connectivity index (χ1n) is 10.4. The van der Waals surface area contributed by atoms with Crippen molar-refractivity contribution in [3.8, 4) is 0 Å². The van der Waals surface area contributed by atoms with E-state index < -0.39 is 12.0 Å². The van der Waals surface area contributed by atoms with Crippen LogP contribution in [0.1, 0.15) is 52.6 Å². The lowest BCUT2D eigenvalue weighted by Crippen LogP contribution is -2.48. The van der Waals surface area contributed by atoms with E-state index in [-0.39, 0.29) is 18.0 Å². The Balaban J connectivity index is 2.41. The van der Waals surface area contributed by atoms with E-state index in [0.29, 0.717) is 42.2 Å². The summed E-state index contributed by atoms with van der Waals surface area (Å²) in [5, 5.41) is 8.35. The molecule has 1 heterocycles. The number of carbonyl (C=O) groups is 3. The Morgan fingerprint density at radius 2 is 2.00 bits per heavy atom. The first-order valence-corrected chi connectivity index (χ1v) is 10.4. The molecule has 1 atom stereocenters. The zero-order valence-electron chi connectivity index (χ0n) is 18.4. The predicted octanol–water partition coefficient (Wildman–Crippen LogP) is 3.78. The van der Waals surface area contributed by atoms with Gasteiger partial charge >= 0.3 is 18.0 Å². The molecule has 8 nitrogen and oxygen atoms in total. The Hall–Kier alpha value is -3.03. The van der Waals surface area contributed by atoms with Crippen molar-refractivity contribution in [2.24, 2.45) is 5.92 Å². The second-order valence-corrected chi connectivity index (χ2v) is 7.64. The average Bonchev–Trinajstić information content (AvgIpc) is 2.69. The maximum absolute atomic E-state index is 13.0. The molecule has 0 saturated carbocycles. The minimum atomic E-state index is -0.666. The van der Waals surface area contributed by atoms with E-state index >= 15 is 0 Å². The van der Waals surface area contributed by atoms with Crippen molar-refractivity contribution in [3.05, 3.63) is 41.1 Å². The van der Waals surface area contributed by atoms with Gasteiger partial charge in [-0.05, 0) is 43.9 Å². The molecule has 4 amide bonds. The fourth-order valence-electron chi connectivity index (χ4n) is 3.24. The fraction of sp³-hybridized carbons (Fsp3) is 0.500. The van der Waals surface area contributed by atoms with Crippen LogP contribution in [0.2, 0.25) is 0 Å². The van der Waals surface area contributed by atoms with Gasteiger partial charge in [-0.1, -0.05) is 32.9 Å². The molecular formula is C22H32N4O4. The molecule has 0 aliphatic carbocycles. The molecule has 1 aliphatic heterocycles. The van der Waals surface area contributed by atoms with E-state index in [9.17, 15) is 14.4 Å². The van der Waals surface area contributed by atoms with Crippen molar-refractivity contribution in [2.45, 2.75) is 47.1 Å². The second kappa shape index (κ2) is 10.7. The highest BCUT2D eigenvalue weighted by atomic mass is 16.5. The van der Waals surface area contributed by atoms with Crippen LogP contribution in [0.25, 0.3) is 0 Å². The van der Waals surface area contributed by atoms with Crippen molar-refractivity contribution < 1.29 is 19.1 Å². The lowest BCUT2D eigenvalue weighted by molar-refractivity contribution is -0.140. The van der Waals surface area contributed by atoms with Crippen molar-refractivity contribution in [1.29, 1.82) is 0 Å². The van der Waals surface area contributed by atoms with E-state index in [0.717, 1.165) is 6.42 Å². The number of ether oxygens (including phenoxy) is 1. The second-order valence-electron chi connectivity index (χ2n) is 7.64. The molecule has 3 N–H and O–H groups in total. The van der Waals surface area contributed by atoms with Gasteiger partial charge in [0, 0.05) is 24.5 Å². The standard InChI is InChI=1S/C22H32N4O4/c1-6-11-26-15(5)18(20(27)30-13-14(3)4)19(25-22(26)29)16-9-8-10-17(12-16)24-21(28)23-7-2/h8-10,12,14,19H,6-7,11,13H2,1-5H3,(H,25,29)(H2,23,24,28)/t19-/m1/s1. The SMILES string of the molecule is CCCN1C(=O)N[C@H](c2cccc(NC(=O)NCC)c2)C(C(=O)OCC(C)C)=C1C. The quantitative estimate of drug-likeness (QED) is 0.562. The molecule has 0 unspecified atom stereocenters. The van der Waals surface area contributed by atoms with Crippen molar-refractivity contribution >= 4 is 23.7 Å². The number of nitrogens with one attached hydrogen (secondary N) is 3. The molecule has 30 heavy (non-hydrogen) atoms. The molecule has 0 fully saturated rings. The number of carbonyl (C=O) groups excluding carboxylic acids is 3. The molecule has 164 valence electrons. The molecule has 0 saturated heterocycles.